The lowest BCUT2D eigenvalue weighted by Gasteiger charge is -2.21. The van der Waals surface area contributed by atoms with Crippen LogP contribution in [0.1, 0.15) is 27.8 Å². The van der Waals surface area contributed by atoms with E-state index in [1.165, 1.54) is 6.07 Å². The first-order chi connectivity index (χ1) is 19.2. The second-order valence-electron chi connectivity index (χ2n) is 9.44. The lowest BCUT2D eigenvalue weighted by Crippen LogP contribution is -2.44. The Morgan fingerprint density at radius 2 is 1.60 bits per heavy atom. The Kier molecular flexibility index (Phi) is 10.2. The molecule has 7 nitrogen and oxygen atoms in total. The summed E-state index contributed by atoms with van der Waals surface area (Å²) in [4.78, 5) is 38.6. The van der Waals surface area contributed by atoms with Crippen LogP contribution in [-0.2, 0) is 29.0 Å². The van der Waals surface area contributed by atoms with Crippen LogP contribution < -0.4 is 15.7 Å². The van der Waals surface area contributed by atoms with E-state index in [-0.39, 0.29) is 17.9 Å². The van der Waals surface area contributed by atoms with Crippen LogP contribution in [0.4, 0.5) is 4.79 Å². The van der Waals surface area contributed by atoms with Crippen molar-refractivity contribution in [3.63, 3.8) is 0 Å². The number of amides is 1. The molecule has 0 spiro atoms. The molecule has 9 heteroatoms. The standard InChI is InChI=1S/C31H29Br2NO6/c1-19-13-27(35)39-29-20(2)28(23(16-25(19)29)15-24(33)17-32)40-30(36)26(14-21-9-5-3-6-10-21)34-31(37)38-18-22-11-7-4-8-12-22/h3-13,16,24,26H,14-15,17-18H2,1-2H3,(H,34,37)/t24-,26-/m0/s1. The summed E-state index contributed by atoms with van der Waals surface area (Å²) in [5.74, 6) is -0.363. The number of aryl methyl sites for hydroxylation is 2. The van der Waals surface area contributed by atoms with Crippen molar-refractivity contribution in [2.45, 2.75) is 44.2 Å². The summed E-state index contributed by atoms with van der Waals surface area (Å²) in [7, 11) is 0. The number of carbonyl (C=O) groups is 2. The number of fused-ring (bicyclic) bond motifs is 1. The molecule has 0 unspecified atom stereocenters. The molecule has 0 aliphatic rings. The second kappa shape index (κ2) is 13.8. The summed E-state index contributed by atoms with van der Waals surface area (Å²) < 4.78 is 16.9. The van der Waals surface area contributed by atoms with Gasteiger partial charge in [-0.15, -0.1) is 0 Å². The number of alkyl halides is 2. The van der Waals surface area contributed by atoms with Gasteiger partial charge in [0.1, 0.15) is 24.0 Å². The quantitative estimate of drug-likeness (QED) is 0.0890. The number of esters is 1. The number of halogens is 2. The van der Waals surface area contributed by atoms with Gasteiger partial charge >= 0.3 is 17.7 Å². The number of ether oxygens (including phenoxy) is 2. The van der Waals surface area contributed by atoms with Crippen molar-refractivity contribution in [2.75, 3.05) is 5.33 Å². The van der Waals surface area contributed by atoms with E-state index < -0.39 is 23.7 Å². The van der Waals surface area contributed by atoms with Crippen LogP contribution in [0, 0.1) is 13.8 Å². The van der Waals surface area contributed by atoms with E-state index in [1.807, 2.05) is 73.7 Å². The fourth-order valence-corrected chi connectivity index (χ4v) is 4.95. The van der Waals surface area contributed by atoms with Crippen LogP contribution in [0.5, 0.6) is 5.75 Å². The minimum Gasteiger partial charge on any atom is -0.445 e. The molecule has 0 radical (unpaired) electrons. The molecule has 4 aromatic rings. The van der Waals surface area contributed by atoms with E-state index in [0.717, 1.165) is 27.6 Å². The number of alkyl carbamates (subject to hydrolysis) is 1. The van der Waals surface area contributed by atoms with E-state index >= 15 is 0 Å². The molecule has 0 bridgehead atoms. The van der Waals surface area contributed by atoms with E-state index in [9.17, 15) is 14.4 Å². The molecule has 0 fully saturated rings. The minimum atomic E-state index is -1.03. The predicted molar refractivity (Wildman–Crippen MR) is 162 cm³/mol. The zero-order chi connectivity index (χ0) is 28.6. The molecular weight excluding hydrogens is 642 g/mol. The molecule has 1 amide bonds. The summed E-state index contributed by atoms with van der Waals surface area (Å²) >= 11 is 7.12. The zero-order valence-electron chi connectivity index (χ0n) is 22.1. The fraction of sp³-hybridized carbons (Fsp3) is 0.258. The molecule has 40 heavy (non-hydrogen) atoms. The average molecular weight is 671 g/mol. The number of hydrogen-bond donors (Lipinski definition) is 1. The van der Waals surface area contributed by atoms with Gasteiger partial charge in [-0.1, -0.05) is 92.5 Å². The highest BCUT2D eigenvalue weighted by atomic mass is 79.9. The summed E-state index contributed by atoms with van der Waals surface area (Å²) in [5.41, 5.74) is 3.60. The molecule has 1 heterocycles. The maximum absolute atomic E-state index is 13.7. The maximum Gasteiger partial charge on any atom is 0.408 e. The highest BCUT2D eigenvalue weighted by Crippen LogP contribution is 2.34. The van der Waals surface area contributed by atoms with Crippen LogP contribution in [0.2, 0.25) is 0 Å². The molecule has 0 aliphatic carbocycles. The largest absolute Gasteiger partial charge is 0.445 e. The SMILES string of the molecule is Cc1cc(=O)oc2c(C)c(OC(=O)[C@H](Cc3ccccc3)NC(=O)OCc3ccccc3)c(C[C@H](Br)CBr)cc12. The molecule has 0 saturated carbocycles. The van der Waals surface area contributed by atoms with Gasteiger partial charge in [0.25, 0.3) is 0 Å². The number of nitrogens with one attached hydrogen (secondary N) is 1. The topological polar surface area (TPSA) is 94.8 Å². The number of rotatable bonds is 10. The summed E-state index contributed by atoms with van der Waals surface area (Å²) in [5, 5.41) is 4.12. The smallest absolute Gasteiger partial charge is 0.408 e. The fourth-order valence-electron chi connectivity index (χ4n) is 4.37. The Hall–Kier alpha value is -3.43. The van der Waals surface area contributed by atoms with Gasteiger partial charge in [-0.2, -0.15) is 0 Å². The third kappa shape index (κ3) is 7.61. The monoisotopic (exact) mass is 669 g/mol. The number of carbonyl (C=O) groups excluding carboxylic acids is 2. The van der Waals surface area contributed by atoms with Crippen molar-refractivity contribution in [3.05, 3.63) is 111 Å². The van der Waals surface area contributed by atoms with E-state index in [4.69, 9.17) is 13.9 Å². The van der Waals surface area contributed by atoms with Crippen LogP contribution >= 0.6 is 31.9 Å². The van der Waals surface area contributed by atoms with Gasteiger partial charge in [0.2, 0.25) is 0 Å². The van der Waals surface area contributed by atoms with Gasteiger partial charge in [0.05, 0.1) is 0 Å². The summed E-state index contributed by atoms with van der Waals surface area (Å²) in [6.07, 6.45) is -0.00342. The maximum atomic E-state index is 13.7. The van der Waals surface area contributed by atoms with Crippen molar-refractivity contribution in [2.24, 2.45) is 0 Å². The van der Waals surface area contributed by atoms with Gasteiger partial charge in [0, 0.05) is 33.6 Å². The van der Waals surface area contributed by atoms with Crippen molar-refractivity contribution in [1.29, 1.82) is 0 Å². The van der Waals surface area contributed by atoms with Crippen molar-refractivity contribution >= 4 is 54.9 Å². The molecule has 0 saturated heterocycles. The van der Waals surface area contributed by atoms with Crippen LogP contribution in [0.15, 0.2) is 82.0 Å². The molecule has 4 rings (SSSR count). The molecule has 3 aromatic carbocycles. The third-order valence-electron chi connectivity index (χ3n) is 6.38. The van der Waals surface area contributed by atoms with E-state index in [0.29, 0.717) is 28.6 Å². The third-order valence-corrected chi connectivity index (χ3v) is 8.68. The summed E-state index contributed by atoms with van der Waals surface area (Å²) in [6.45, 7) is 3.65. The first kappa shape index (κ1) is 29.6. The van der Waals surface area contributed by atoms with Gasteiger partial charge in [-0.25, -0.2) is 14.4 Å². The molecule has 208 valence electrons. The Bertz CT molecular complexity index is 1540. The van der Waals surface area contributed by atoms with Crippen molar-refractivity contribution < 1.29 is 23.5 Å². The Balaban J connectivity index is 1.64. The molecule has 0 aliphatic heterocycles. The molecule has 1 N–H and O–H groups in total. The zero-order valence-corrected chi connectivity index (χ0v) is 25.3. The predicted octanol–water partition coefficient (Wildman–Crippen LogP) is 6.55. The molecular formula is C31H29Br2NO6. The van der Waals surface area contributed by atoms with Gasteiger partial charge in [-0.3, -0.25) is 0 Å². The van der Waals surface area contributed by atoms with E-state index in [1.54, 1.807) is 6.92 Å². The Morgan fingerprint density at radius 3 is 2.25 bits per heavy atom. The number of hydrogen-bond acceptors (Lipinski definition) is 6. The lowest BCUT2D eigenvalue weighted by molar-refractivity contribution is -0.136. The van der Waals surface area contributed by atoms with Gasteiger partial charge < -0.3 is 19.2 Å². The Labute approximate surface area is 249 Å². The number of benzene rings is 3. The normalized spacial score (nSPS) is 12.5. The van der Waals surface area contributed by atoms with Gasteiger partial charge in [-0.05, 0) is 48.6 Å². The lowest BCUT2D eigenvalue weighted by atomic mass is 9.99. The molecule has 1 aromatic heterocycles. The van der Waals surface area contributed by atoms with Crippen molar-refractivity contribution in [1.82, 2.24) is 5.32 Å². The summed E-state index contributed by atoms with van der Waals surface area (Å²) in [6, 6.07) is 20.9. The first-order valence-electron chi connectivity index (χ1n) is 12.7. The highest BCUT2D eigenvalue weighted by Gasteiger charge is 2.27. The minimum absolute atomic E-state index is 0.0593. The van der Waals surface area contributed by atoms with Crippen LogP contribution in [-0.4, -0.2) is 28.3 Å². The molecule has 2 atom stereocenters. The second-order valence-corrected chi connectivity index (χ2v) is 11.4. The van der Waals surface area contributed by atoms with Gasteiger partial charge in [0.15, 0.2) is 0 Å². The Morgan fingerprint density at radius 1 is 0.950 bits per heavy atom. The average Bonchev–Trinajstić information content (AvgIpc) is 2.95. The highest BCUT2D eigenvalue weighted by molar-refractivity contribution is 9.12. The van der Waals surface area contributed by atoms with Crippen molar-refractivity contribution in [3.8, 4) is 5.75 Å². The van der Waals surface area contributed by atoms with Crippen LogP contribution in [0.25, 0.3) is 11.0 Å². The first-order valence-corrected chi connectivity index (χ1v) is 14.8. The van der Waals surface area contributed by atoms with E-state index in [2.05, 4.69) is 37.2 Å². The van der Waals surface area contributed by atoms with Crippen LogP contribution in [0.3, 0.4) is 0 Å².